The van der Waals surface area contributed by atoms with Crippen molar-refractivity contribution in [3.8, 4) is 0 Å². The number of rotatable bonds is 4. The molecule has 6 heteroatoms. The van der Waals surface area contributed by atoms with E-state index in [1.165, 1.54) is 12.1 Å². The number of H-pyrrole nitrogens is 1. The van der Waals surface area contributed by atoms with E-state index in [1.54, 1.807) is 0 Å². The summed E-state index contributed by atoms with van der Waals surface area (Å²) in [5.74, 6) is -0.219. The normalized spacial score (nSPS) is 23.0. The highest BCUT2D eigenvalue weighted by Gasteiger charge is 2.22. The maximum atomic E-state index is 11.9. The summed E-state index contributed by atoms with van der Waals surface area (Å²) in [6.07, 6.45) is 4.12. The third kappa shape index (κ3) is 3.89. The van der Waals surface area contributed by atoms with Crippen molar-refractivity contribution in [2.45, 2.75) is 44.7 Å². The smallest absolute Gasteiger partial charge is 0.271 e. The van der Waals surface area contributed by atoms with E-state index < -0.39 is 0 Å². The molecule has 0 spiro atoms. The molecule has 0 unspecified atom stereocenters. The van der Waals surface area contributed by atoms with Gasteiger partial charge in [-0.15, -0.1) is 0 Å². The summed E-state index contributed by atoms with van der Waals surface area (Å²) < 4.78 is 0. The zero-order valence-corrected chi connectivity index (χ0v) is 11.1. The van der Waals surface area contributed by atoms with Gasteiger partial charge in [0, 0.05) is 18.2 Å². The van der Waals surface area contributed by atoms with Crippen molar-refractivity contribution < 1.29 is 4.79 Å². The highest BCUT2D eigenvalue weighted by Crippen LogP contribution is 2.18. The Morgan fingerprint density at radius 2 is 2.00 bits per heavy atom. The summed E-state index contributed by atoms with van der Waals surface area (Å²) in [6.45, 7) is 3.10. The molecule has 1 amide bonds. The Bertz CT molecular complexity index is 457. The van der Waals surface area contributed by atoms with Gasteiger partial charge in [0.25, 0.3) is 11.5 Å². The first-order valence-electron chi connectivity index (χ1n) is 6.79. The average Bonchev–Trinajstić information content (AvgIpc) is 2.42. The van der Waals surface area contributed by atoms with Crippen LogP contribution < -0.4 is 16.2 Å². The van der Waals surface area contributed by atoms with Crippen LogP contribution in [-0.4, -0.2) is 34.7 Å². The Morgan fingerprint density at radius 3 is 2.58 bits per heavy atom. The number of amides is 1. The van der Waals surface area contributed by atoms with Crippen LogP contribution in [0.15, 0.2) is 16.9 Å². The number of aromatic amines is 1. The third-order valence-corrected chi connectivity index (χ3v) is 3.47. The lowest BCUT2D eigenvalue weighted by Gasteiger charge is -2.29. The molecule has 104 valence electrons. The molecule has 1 heterocycles. The van der Waals surface area contributed by atoms with Crippen LogP contribution in [-0.2, 0) is 0 Å². The van der Waals surface area contributed by atoms with E-state index in [2.05, 4.69) is 27.8 Å². The largest absolute Gasteiger partial charge is 0.348 e. The summed E-state index contributed by atoms with van der Waals surface area (Å²) in [5, 5.41) is 12.4. The molecule has 0 aromatic carbocycles. The predicted octanol–water partition coefficient (Wildman–Crippen LogP) is 0.420. The van der Waals surface area contributed by atoms with E-state index in [1.807, 2.05) is 0 Å². The van der Waals surface area contributed by atoms with Crippen LogP contribution in [0.3, 0.4) is 0 Å². The van der Waals surface area contributed by atoms with Gasteiger partial charge in [-0.1, -0.05) is 6.92 Å². The van der Waals surface area contributed by atoms with Crippen LogP contribution in [0.2, 0.25) is 0 Å². The van der Waals surface area contributed by atoms with E-state index in [0.717, 1.165) is 32.2 Å². The minimum Gasteiger partial charge on any atom is -0.348 e. The van der Waals surface area contributed by atoms with Gasteiger partial charge >= 0.3 is 0 Å². The van der Waals surface area contributed by atoms with Crippen LogP contribution in [0.5, 0.6) is 0 Å². The van der Waals surface area contributed by atoms with Crippen LogP contribution >= 0.6 is 0 Å². The lowest BCUT2D eigenvalue weighted by molar-refractivity contribution is 0.0918. The first-order chi connectivity index (χ1) is 9.19. The van der Waals surface area contributed by atoms with Gasteiger partial charge in [0.15, 0.2) is 0 Å². The van der Waals surface area contributed by atoms with Crippen molar-refractivity contribution >= 4 is 5.91 Å². The molecule has 1 aromatic heterocycles. The fraction of sp³-hybridized carbons (Fsp3) is 0.615. The second kappa shape index (κ2) is 6.47. The van der Waals surface area contributed by atoms with Crippen molar-refractivity contribution in [1.82, 2.24) is 20.8 Å². The fourth-order valence-corrected chi connectivity index (χ4v) is 2.46. The second-order valence-electron chi connectivity index (χ2n) is 4.89. The molecule has 1 aromatic rings. The lowest BCUT2D eigenvalue weighted by atomic mass is 9.91. The van der Waals surface area contributed by atoms with Crippen LogP contribution in [0.25, 0.3) is 0 Å². The molecule has 1 aliphatic carbocycles. The van der Waals surface area contributed by atoms with E-state index in [0.29, 0.717) is 6.04 Å². The second-order valence-corrected chi connectivity index (χ2v) is 4.89. The molecule has 1 aliphatic rings. The van der Waals surface area contributed by atoms with Crippen molar-refractivity contribution in [2.75, 3.05) is 6.54 Å². The number of carbonyl (C=O) groups excluding carboxylic acids is 1. The van der Waals surface area contributed by atoms with Gasteiger partial charge < -0.3 is 10.6 Å². The highest BCUT2D eigenvalue weighted by atomic mass is 16.2. The van der Waals surface area contributed by atoms with Gasteiger partial charge in [0.05, 0.1) is 0 Å². The maximum Gasteiger partial charge on any atom is 0.271 e. The van der Waals surface area contributed by atoms with Crippen LogP contribution in [0.1, 0.15) is 43.1 Å². The number of hydrogen-bond acceptors (Lipinski definition) is 4. The van der Waals surface area contributed by atoms with Crippen molar-refractivity contribution in [3.05, 3.63) is 28.2 Å². The fourth-order valence-electron chi connectivity index (χ4n) is 2.46. The van der Waals surface area contributed by atoms with E-state index in [9.17, 15) is 9.59 Å². The molecule has 3 N–H and O–H groups in total. The number of hydrogen-bond donors (Lipinski definition) is 3. The van der Waals surface area contributed by atoms with Crippen molar-refractivity contribution in [3.63, 3.8) is 0 Å². The molecule has 19 heavy (non-hydrogen) atoms. The molecule has 2 rings (SSSR count). The summed E-state index contributed by atoms with van der Waals surface area (Å²) >= 11 is 0. The monoisotopic (exact) mass is 264 g/mol. The number of aromatic nitrogens is 2. The minimum absolute atomic E-state index is 0.205. The third-order valence-electron chi connectivity index (χ3n) is 3.47. The zero-order valence-electron chi connectivity index (χ0n) is 11.1. The van der Waals surface area contributed by atoms with E-state index in [4.69, 9.17) is 0 Å². The first kappa shape index (κ1) is 13.7. The molecule has 1 saturated carbocycles. The highest BCUT2D eigenvalue weighted by molar-refractivity contribution is 5.92. The standard InChI is InChI=1S/C13H20N4O2/c1-2-14-9-3-5-10(6-4-9)15-13(19)11-7-8-12(18)17-16-11/h7-10,14H,2-6H2,1H3,(H,15,19)(H,17,18). The topological polar surface area (TPSA) is 86.9 Å². The molecule has 0 aliphatic heterocycles. The minimum atomic E-state index is -0.303. The van der Waals surface area contributed by atoms with Gasteiger partial charge in [-0.25, -0.2) is 5.10 Å². The molecular weight excluding hydrogens is 244 g/mol. The van der Waals surface area contributed by atoms with Gasteiger partial charge in [-0.3, -0.25) is 9.59 Å². The lowest BCUT2D eigenvalue weighted by Crippen LogP contribution is -2.42. The van der Waals surface area contributed by atoms with Crippen LogP contribution in [0, 0.1) is 0 Å². The zero-order chi connectivity index (χ0) is 13.7. The Hall–Kier alpha value is -1.69. The average molecular weight is 264 g/mol. The van der Waals surface area contributed by atoms with Crippen molar-refractivity contribution in [1.29, 1.82) is 0 Å². The molecule has 0 bridgehead atoms. The Balaban J connectivity index is 1.83. The molecular formula is C13H20N4O2. The van der Waals surface area contributed by atoms with Gasteiger partial charge in [0.2, 0.25) is 0 Å². The number of carbonyl (C=O) groups is 1. The molecule has 0 radical (unpaired) electrons. The SMILES string of the molecule is CCNC1CCC(NC(=O)c2ccc(=O)[nH]n2)CC1. The maximum absolute atomic E-state index is 11.9. The summed E-state index contributed by atoms with van der Waals surface area (Å²) in [7, 11) is 0. The summed E-state index contributed by atoms with van der Waals surface area (Å²) in [6, 6.07) is 3.53. The van der Waals surface area contributed by atoms with E-state index >= 15 is 0 Å². The summed E-state index contributed by atoms with van der Waals surface area (Å²) in [4.78, 5) is 22.8. The Kier molecular flexibility index (Phi) is 4.68. The molecule has 0 saturated heterocycles. The van der Waals surface area contributed by atoms with Gasteiger partial charge in [-0.05, 0) is 38.3 Å². The molecule has 1 fully saturated rings. The van der Waals surface area contributed by atoms with Crippen molar-refractivity contribution in [2.24, 2.45) is 0 Å². The molecule has 0 atom stereocenters. The quantitative estimate of drug-likeness (QED) is 0.735. The van der Waals surface area contributed by atoms with Gasteiger partial charge in [-0.2, -0.15) is 5.10 Å². The Labute approximate surface area is 112 Å². The first-order valence-corrected chi connectivity index (χ1v) is 6.79. The van der Waals surface area contributed by atoms with Crippen LogP contribution in [0.4, 0.5) is 0 Å². The van der Waals surface area contributed by atoms with E-state index in [-0.39, 0.29) is 23.2 Å². The predicted molar refractivity (Wildman–Crippen MR) is 72.0 cm³/mol. The summed E-state index contributed by atoms with van der Waals surface area (Å²) in [5.41, 5.74) is -0.0453. The molecule has 6 nitrogen and oxygen atoms in total. The number of nitrogens with zero attached hydrogens (tertiary/aromatic N) is 1. The number of nitrogens with one attached hydrogen (secondary N) is 3. The van der Waals surface area contributed by atoms with Gasteiger partial charge in [0.1, 0.15) is 5.69 Å². The Morgan fingerprint density at radius 1 is 1.32 bits per heavy atom.